The summed E-state index contributed by atoms with van der Waals surface area (Å²) >= 11 is 0. The molecule has 98 valence electrons. The van der Waals surface area contributed by atoms with Crippen molar-refractivity contribution in [2.45, 2.75) is 18.9 Å². The molecule has 1 aliphatic heterocycles. The molecule has 20 heavy (non-hydrogen) atoms. The first-order valence-corrected chi connectivity index (χ1v) is 7.09. The quantitative estimate of drug-likeness (QED) is 0.704. The Morgan fingerprint density at radius 3 is 2.85 bits per heavy atom. The van der Waals surface area contributed by atoms with E-state index in [1.54, 1.807) is 0 Å². The molecule has 0 aliphatic carbocycles. The van der Waals surface area contributed by atoms with Gasteiger partial charge in [-0.1, -0.05) is 36.4 Å². The third-order valence-electron chi connectivity index (χ3n) is 4.06. The molecule has 1 N–H and O–H groups in total. The lowest BCUT2D eigenvalue weighted by atomic mass is 9.94. The van der Waals surface area contributed by atoms with E-state index < -0.39 is 0 Å². The Bertz CT molecular complexity index is 764. The number of aromatic nitrogens is 1. The minimum atomic E-state index is 0.363. The van der Waals surface area contributed by atoms with Crippen LogP contribution in [-0.2, 0) is 6.42 Å². The van der Waals surface area contributed by atoms with Crippen molar-refractivity contribution >= 4 is 16.6 Å². The molecule has 0 saturated heterocycles. The van der Waals surface area contributed by atoms with Gasteiger partial charge in [0.05, 0.1) is 11.6 Å². The number of rotatable bonds is 1. The standard InChI is InChI=1S/C18H16N2/c1-4-8-17-13(5-1)9-10-18(20-17)15-11-14-6-2-3-7-16(14)19-12-15/h1-8,11-12,18,20H,9-10H2. The van der Waals surface area contributed by atoms with Crippen LogP contribution in [0, 0.1) is 0 Å². The second-order valence-electron chi connectivity index (χ2n) is 5.35. The Balaban J connectivity index is 1.70. The highest BCUT2D eigenvalue weighted by Gasteiger charge is 2.19. The van der Waals surface area contributed by atoms with Crippen molar-refractivity contribution in [2.75, 3.05) is 5.32 Å². The highest BCUT2D eigenvalue weighted by molar-refractivity contribution is 5.79. The maximum absolute atomic E-state index is 4.57. The molecule has 2 heterocycles. The summed E-state index contributed by atoms with van der Waals surface area (Å²) in [5.74, 6) is 0. The van der Waals surface area contributed by atoms with Crippen molar-refractivity contribution in [1.82, 2.24) is 4.98 Å². The smallest absolute Gasteiger partial charge is 0.0702 e. The van der Waals surface area contributed by atoms with Gasteiger partial charge in [-0.3, -0.25) is 4.98 Å². The lowest BCUT2D eigenvalue weighted by Gasteiger charge is -2.27. The zero-order valence-electron chi connectivity index (χ0n) is 11.2. The monoisotopic (exact) mass is 260 g/mol. The largest absolute Gasteiger partial charge is 0.378 e. The van der Waals surface area contributed by atoms with Crippen molar-refractivity contribution in [3.63, 3.8) is 0 Å². The highest BCUT2D eigenvalue weighted by atomic mass is 14.9. The van der Waals surface area contributed by atoms with Crippen LogP contribution in [0.4, 0.5) is 5.69 Å². The van der Waals surface area contributed by atoms with Gasteiger partial charge in [0.15, 0.2) is 0 Å². The molecule has 0 saturated carbocycles. The Labute approximate surface area is 118 Å². The van der Waals surface area contributed by atoms with Gasteiger partial charge in [0, 0.05) is 17.3 Å². The predicted molar refractivity (Wildman–Crippen MR) is 82.9 cm³/mol. The van der Waals surface area contributed by atoms with Crippen LogP contribution in [-0.4, -0.2) is 4.98 Å². The number of aryl methyl sites for hydroxylation is 1. The third kappa shape index (κ3) is 1.94. The van der Waals surface area contributed by atoms with Crippen molar-refractivity contribution in [3.05, 3.63) is 71.9 Å². The molecule has 1 aliphatic rings. The van der Waals surface area contributed by atoms with Gasteiger partial charge >= 0.3 is 0 Å². The molecule has 3 aromatic rings. The lowest BCUT2D eigenvalue weighted by molar-refractivity contribution is 0.666. The summed E-state index contributed by atoms with van der Waals surface area (Å²) in [5, 5.41) is 4.85. The average Bonchev–Trinajstić information content (AvgIpc) is 2.54. The SMILES string of the molecule is c1ccc2c(c1)CCC(c1cnc3ccccc3c1)N2. The zero-order chi connectivity index (χ0) is 13.4. The number of pyridine rings is 1. The van der Waals surface area contributed by atoms with E-state index in [0.717, 1.165) is 18.4 Å². The molecule has 0 spiro atoms. The van der Waals surface area contributed by atoms with E-state index in [0.29, 0.717) is 6.04 Å². The normalized spacial score (nSPS) is 17.5. The summed E-state index contributed by atoms with van der Waals surface area (Å²) < 4.78 is 0. The summed E-state index contributed by atoms with van der Waals surface area (Å²) in [6.07, 6.45) is 4.26. The molecular weight excluding hydrogens is 244 g/mol. The lowest BCUT2D eigenvalue weighted by Crippen LogP contribution is -2.18. The maximum Gasteiger partial charge on any atom is 0.0702 e. The summed E-state index contributed by atoms with van der Waals surface area (Å²) in [6, 6.07) is 19.5. The molecule has 2 nitrogen and oxygen atoms in total. The number of hydrogen-bond acceptors (Lipinski definition) is 2. The van der Waals surface area contributed by atoms with Gasteiger partial charge in [-0.15, -0.1) is 0 Å². The van der Waals surface area contributed by atoms with Crippen molar-refractivity contribution in [2.24, 2.45) is 0 Å². The first-order chi connectivity index (χ1) is 9.90. The minimum Gasteiger partial charge on any atom is -0.378 e. The fourth-order valence-corrected chi connectivity index (χ4v) is 2.97. The Morgan fingerprint density at radius 1 is 1.00 bits per heavy atom. The van der Waals surface area contributed by atoms with Gasteiger partial charge in [0.2, 0.25) is 0 Å². The van der Waals surface area contributed by atoms with Crippen LogP contribution in [0.25, 0.3) is 10.9 Å². The molecule has 0 amide bonds. The van der Waals surface area contributed by atoms with Crippen LogP contribution in [0.2, 0.25) is 0 Å². The van der Waals surface area contributed by atoms with Crippen LogP contribution < -0.4 is 5.32 Å². The Hall–Kier alpha value is -2.35. The molecule has 4 rings (SSSR count). The predicted octanol–water partition coefficient (Wildman–Crippen LogP) is 4.33. The molecule has 1 unspecified atom stereocenters. The summed E-state index contributed by atoms with van der Waals surface area (Å²) in [5.41, 5.74) is 5.01. The van der Waals surface area contributed by atoms with Crippen LogP contribution >= 0.6 is 0 Å². The number of hydrogen-bond donors (Lipinski definition) is 1. The highest BCUT2D eigenvalue weighted by Crippen LogP contribution is 2.32. The molecule has 0 fully saturated rings. The number of fused-ring (bicyclic) bond motifs is 2. The van der Waals surface area contributed by atoms with E-state index in [-0.39, 0.29) is 0 Å². The average molecular weight is 260 g/mol. The van der Waals surface area contributed by atoms with Gasteiger partial charge in [-0.2, -0.15) is 0 Å². The first-order valence-electron chi connectivity index (χ1n) is 7.09. The van der Waals surface area contributed by atoms with E-state index in [2.05, 4.69) is 58.8 Å². The van der Waals surface area contributed by atoms with Crippen LogP contribution in [0.3, 0.4) is 0 Å². The van der Waals surface area contributed by atoms with E-state index in [9.17, 15) is 0 Å². The Kier molecular flexibility index (Phi) is 2.66. The maximum atomic E-state index is 4.57. The summed E-state index contributed by atoms with van der Waals surface area (Å²) in [7, 11) is 0. The molecule has 0 bridgehead atoms. The summed E-state index contributed by atoms with van der Waals surface area (Å²) in [6.45, 7) is 0. The van der Waals surface area contributed by atoms with Gasteiger partial charge in [0.1, 0.15) is 0 Å². The fraction of sp³-hybridized carbons (Fsp3) is 0.167. The zero-order valence-corrected chi connectivity index (χ0v) is 11.2. The molecule has 1 atom stereocenters. The summed E-state index contributed by atoms with van der Waals surface area (Å²) in [4.78, 5) is 4.57. The van der Waals surface area contributed by atoms with Gasteiger partial charge in [-0.25, -0.2) is 0 Å². The second-order valence-corrected chi connectivity index (χ2v) is 5.35. The van der Waals surface area contributed by atoms with Crippen molar-refractivity contribution in [1.29, 1.82) is 0 Å². The number of nitrogens with zero attached hydrogens (tertiary/aromatic N) is 1. The second kappa shape index (κ2) is 4.64. The number of para-hydroxylation sites is 2. The van der Waals surface area contributed by atoms with Gasteiger partial charge < -0.3 is 5.32 Å². The van der Waals surface area contributed by atoms with E-state index in [1.807, 2.05) is 12.3 Å². The van der Waals surface area contributed by atoms with Gasteiger partial charge in [-0.05, 0) is 42.2 Å². The van der Waals surface area contributed by atoms with Crippen LogP contribution in [0.5, 0.6) is 0 Å². The molecule has 2 aromatic carbocycles. The minimum absolute atomic E-state index is 0.363. The molecule has 2 heteroatoms. The van der Waals surface area contributed by atoms with Crippen molar-refractivity contribution in [3.8, 4) is 0 Å². The first kappa shape index (κ1) is 11.5. The van der Waals surface area contributed by atoms with Crippen LogP contribution in [0.15, 0.2) is 60.8 Å². The van der Waals surface area contributed by atoms with Gasteiger partial charge in [0.25, 0.3) is 0 Å². The van der Waals surface area contributed by atoms with Crippen molar-refractivity contribution < 1.29 is 0 Å². The molecular formula is C18H16N2. The number of nitrogens with one attached hydrogen (secondary N) is 1. The fourth-order valence-electron chi connectivity index (χ4n) is 2.97. The third-order valence-corrected chi connectivity index (χ3v) is 4.06. The number of anilines is 1. The van der Waals surface area contributed by atoms with Crippen LogP contribution in [0.1, 0.15) is 23.6 Å². The number of benzene rings is 2. The Morgan fingerprint density at radius 2 is 1.85 bits per heavy atom. The molecule has 1 aromatic heterocycles. The van der Waals surface area contributed by atoms with E-state index in [4.69, 9.17) is 0 Å². The van der Waals surface area contributed by atoms with E-state index in [1.165, 1.54) is 22.2 Å². The molecule has 0 radical (unpaired) electrons. The topological polar surface area (TPSA) is 24.9 Å². The van der Waals surface area contributed by atoms with E-state index >= 15 is 0 Å².